The van der Waals surface area contributed by atoms with Gasteiger partial charge in [0.15, 0.2) is 5.78 Å². The van der Waals surface area contributed by atoms with Gasteiger partial charge in [0.25, 0.3) is 5.91 Å². The van der Waals surface area contributed by atoms with Crippen LogP contribution in [0.1, 0.15) is 31.8 Å². The predicted octanol–water partition coefficient (Wildman–Crippen LogP) is 6.76. The molecular formula is C33H25N5O3. The number of nitrogens with zero attached hydrogens (tertiary/aromatic N) is 2. The molecule has 4 aromatic carbocycles. The maximum absolute atomic E-state index is 13.2. The van der Waals surface area contributed by atoms with Crippen LogP contribution in [-0.2, 0) is 6.61 Å². The Morgan fingerprint density at radius 3 is 2.32 bits per heavy atom. The Bertz CT molecular complexity index is 1830. The van der Waals surface area contributed by atoms with Crippen molar-refractivity contribution >= 4 is 39.9 Å². The Morgan fingerprint density at radius 2 is 1.49 bits per heavy atom. The number of hydrogen-bond donors (Lipinski definition) is 3. The summed E-state index contributed by atoms with van der Waals surface area (Å²) in [6.07, 6.45) is 3.06. The van der Waals surface area contributed by atoms with Crippen LogP contribution in [0.4, 0.5) is 17.2 Å². The van der Waals surface area contributed by atoms with Gasteiger partial charge in [0.1, 0.15) is 30.1 Å². The molecule has 41 heavy (non-hydrogen) atoms. The van der Waals surface area contributed by atoms with Crippen LogP contribution in [0, 0.1) is 0 Å². The van der Waals surface area contributed by atoms with E-state index in [2.05, 4.69) is 25.6 Å². The first kappa shape index (κ1) is 25.5. The molecule has 0 bridgehead atoms. The summed E-state index contributed by atoms with van der Waals surface area (Å²) in [5.41, 5.74) is 4.32. The lowest BCUT2D eigenvalue weighted by Crippen LogP contribution is -2.12. The lowest BCUT2D eigenvalue weighted by molar-refractivity contribution is 0.102. The van der Waals surface area contributed by atoms with E-state index in [1.54, 1.807) is 42.6 Å². The van der Waals surface area contributed by atoms with Crippen LogP contribution in [0.25, 0.3) is 11.0 Å². The molecule has 0 atom stereocenters. The predicted molar refractivity (Wildman–Crippen MR) is 159 cm³/mol. The second-order valence-corrected chi connectivity index (χ2v) is 9.31. The van der Waals surface area contributed by atoms with Crippen molar-refractivity contribution in [3.05, 3.63) is 144 Å². The molecule has 0 radical (unpaired) electrons. The number of carbonyl (C=O) groups is 2. The quantitative estimate of drug-likeness (QED) is 0.175. The summed E-state index contributed by atoms with van der Waals surface area (Å²) in [6, 6.07) is 33.3. The molecule has 0 aliphatic heterocycles. The first-order valence-electron chi connectivity index (χ1n) is 13.0. The summed E-state index contributed by atoms with van der Waals surface area (Å²) >= 11 is 0. The van der Waals surface area contributed by atoms with Crippen LogP contribution in [0.3, 0.4) is 0 Å². The number of amides is 1. The minimum Gasteiger partial charge on any atom is -0.489 e. The first-order chi connectivity index (χ1) is 20.1. The van der Waals surface area contributed by atoms with Crippen LogP contribution in [0.2, 0.25) is 0 Å². The Kier molecular flexibility index (Phi) is 7.19. The molecule has 0 spiro atoms. The van der Waals surface area contributed by atoms with Crippen molar-refractivity contribution in [3.8, 4) is 5.75 Å². The maximum Gasteiger partial charge on any atom is 0.255 e. The average molecular weight is 540 g/mol. The number of rotatable bonds is 9. The molecule has 2 aromatic heterocycles. The minimum atomic E-state index is -0.275. The molecule has 6 aromatic rings. The zero-order valence-corrected chi connectivity index (χ0v) is 21.9. The summed E-state index contributed by atoms with van der Waals surface area (Å²) in [5.74, 6) is 0.694. The number of aromatic nitrogens is 3. The monoisotopic (exact) mass is 539 g/mol. The third-order valence-corrected chi connectivity index (χ3v) is 6.48. The Hall–Kier alpha value is -5.76. The van der Waals surface area contributed by atoms with E-state index < -0.39 is 0 Å². The van der Waals surface area contributed by atoms with Crippen LogP contribution < -0.4 is 15.4 Å². The SMILES string of the molecule is O=C(Nc1cccc(OCc2ccccc2)c1)c1cccc(Nc2ncnc3[nH]cc(C(=O)c4ccccc4)c23)c1. The van der Waals surface area contributed by atoms with Gasteiger partial charge in [-0.2, -0.15) is 0 Å². The summed E-state index contributed by atoms with van der Waals surface area (Å²) in [4.78, 5) is 38.1. The van der Waals surface area contributed by atoms with Gasteiger partial charge >= 0.3 is 0 Å². The highest BCUT2D eigenvalue weighted by molar-refractivity contribution is 6.18. The molecule has 200 valence electrons. The zero-order chi connectivity index (χ0) is 28.0. The van der Waals surface area contributed by atoms with E-state index in [9.17, 15) is 9.59 Å². The van der Waals surface area contributed by atoms with Gasteiger partial charge in [0.2, 0.25) is 0 Å². The van der Waals surface area contributed by atoms with Crippen molar-refractivity contribution in [2.45, 2.75) is 6.61 Å². The lowest BCUT2D eigenvalue weighted by Gasteiger charge is -2.11. The highest BCUT2D eigenvalue weighted by Crippen LogP contribution is 2.28. The van der Waals surface area contributed by atoms with Gasteiger partial charge < -0.3 is 20.4 Å². The molecule has 0 unspecified atom stereocenters. The Balaban J connectivity index is 1.19. The van der Waals surface area contributed by atoms with Crippen molar-refractivity contribution in [2.75, 3.05) is 10.6 Å². The lowest BCUT2D eigenvalue weighted by atomic mass is 10.0. The van der Waals surface area contributed by atoms with Gasteiger partial charge in [0.05, 0.1) is 10.9 Å². The van der Waals surface area contributed by atoms with E-state index in [4.69, 9.17) is 4.74 Å². The second-order valence-electron chi connectivity index (χ2n) is 9.31. The Morgan fingerprint density at radius 1 is 0.756 bits per heavy atom. The van der Waals surface area contributed by atoms with Gasteiger partial charge in [-0.25, -0.2) is 9.97 Å². The molecule has 1 amide bonds. The fraction of sp³-hybridized carbons (Fsp3) is 0.0303. The van der Waals surface area contributed by atoms with E-state index in [-0.39, 0.29) is 11.7 Å². The molecule has 0 saturated heterocycles. The Labute approximate surface area is 236 Å². The molecule has 3 N–H and O–H groups in total. The third kappa shape index (κ3) is 5.81. The molecule has 8 heteroatoms. The zero-order valence-electron chi connectivity index (χ0n) is 21.9. The summed E-state index contributed by atoms with van der Waals surface area (Å²) in [6.45, 7) is 0.433. The molecule has 0 aliphatic carbocycles. The van der Waals surface area contributed by atoms with E-state index >= 15 is 0 Å². The molecule has 6 rings (SSSR count). The summed E-state index contributed by atoms with van der Waals surface area (Å²) in [5, 5.41) is 6.76. The summed E-state index contributed by atoms with van der Waals surface area (Å²) in [7, 11) is 0. The fourth-order valence-electron chi connectivity index (χ4n) is 4.46. The van der Waals surface area contributed by atoms with Crippen LogP contribution in [-0.4, -0.2) is 26.6 Å². The smallest absolute Gasteiger partial charge is 0.255 e. The number of benzene rings is 4. The van der Waals surface area contributed by atoms with E-state index in [1.807, 2.05) is 72.8 Å². The van der Waals surface area contributed by atoms with Crippen molar-refractivity contribution in [3.63, 3.8) is 0 Å². The normalized spacial score (nSPS) is 10.7. The second kappa shape index (κ2) is 11.5. The number of anilines is 3. The number of hydrogen-bond acceptors (Lipinski definition) is 6. The number of fused-ring (bicyclic) bond motifs is 1. The van der Waals surface area contributed by atoms with Crippen molar-refractivity contribution in [1.82, 2.24) is 15.0 Å². The van der Waals surface area contributed by atoms with Crippen molar-refractivity contribution in [1.29, 1.82) is 0 Å². The van der Waals surface area contributed by atoms with Gasteiger partial charge in [-0.3, -0.25) is 9.59 Å². The van der Waals surface area contributed by atoms with Crippen molar-refractivity contribution < 1.29 is 14.3 Å². The highest BCUT2D eigenvalue weighted by atomic mass is 16.5. The molecule has 0 fully saturated rings. The largest absolute Gasteiger partial charge is 0.489 e. The van der Waals surface area contributed by atoms with Crippen molar-refractivity contribution in [2.24, 2.45) is 0 Å². The van der Waals surface area contributed by atoms with E-state index in [0.717, 1.165) is 5.56 Å². The molecule has 8 nitrogen and oxygen atoms in total. The number of H-pyrrole nitrogens is 1. The molecule has 0 aliphatic rings. The average Bonchev–Trinajstić information content (AvgIpc) is 3.46. The molecule has 2 heterocycles. The third-order valence-electron chi connectivity index (χ3n) is 6.48. The first-order valence-corrected chi connectivity index (χ1v) is 13.0. The minimum absolute atomic E-state index is 0.141. The maximum atomic E-state index is 13.2. The number of aromatic amines is 1. The van der Waals surface area contributed by atoms with Crippen LogP contribution in [0.5, 0.6) is 5.75 Å². The standard InChI is InChI=1S/C33H25N5O3/c39-30(23-11-5-2-6-12-23)28-19-34-31-29(28)32(36-21-35-31)37-25-14-7-13-24(17-25)33(40)38-26-15-8-16-27(18-26)41-20-22-9-3-1-4-10-22/h1-19,21H,20H2,(H,38,40)(H2,34,35,36,37). The van der Waals surface area contributed by atoms with E-state index in [1.165, 1.54) is 6.33 Å². The number of ketones is 1. The van der Waals surface area contributed by atoms with E-state index in [0.29, 0.717) is 57.3 Å². The topological polar surface area (TPSA) is 109 Å². The summed E-state index contributed by atoms with van der Waals surface area (Å²) < 4.78 is 5.89. The number of nitrogens with one attached hydrogen (secondary N) is 3. The van der Waals surface area contributed by atoms with Gasteiger partial charge in [-0.1, -0.05) is 72.8 Å². The number of ether oxygens (including phenoxy) is 1. The number of carbonyl (C=O) groups excluding carboxylic acids is 2. The highest BCUT2D eigenvalue weighted by Gasteiger charge is 2.19. The van der Waals surface area contributed by atoms with Gasteiger partial charge in [-0.05, 0) is 35.9 Å². The van der Waals surface area contributed by atoms with Gasteiger partial charge in [-0.15, -0.1) is 0 Å². The molecular weight excluding hydrogens is 514 g/mol. The van der Waals surface area contributed by atoms with Gasteiger partial charge in [0, 0.05) is 34.8 Å². The van der Waals surface area contributed by atoms with Crippen LogP contribution >= 0.6 is 0 Å². The van der Waals surface area contributed by atoms with Crippen LogP contribution in [0.15, 0.2) is 122 Å². The molecule has 0 saturated carbocycles. The fourth-order valence-corrected chi connectivity index (χ4v) is 4.46.